The Hall–Kier alpha value is -3.80. The zero-order valence-corrected chi connectivity index (χ0v) is 17.9. The molecule has 1 aliphatic carbocycles. The third-order valence-electron chi connectivity index (χ3n) is 6.73. The van der Waals surface area contributed by atoms with Gasteiger partial charge in [0.2, 0.25) is 0 Å². The van der Waals surface area contributed by atoms with E-state index in [1.54, 1.807) is 35.2 Å². The van der Waals surface area contributed by atoms with E-state index in [1.807, 2.05) is 24.3 Å². The molecule has 0 aromatic heterocycles. The Morgan fingerprint density at radius 2 is 1.58 bits per heavy atom. The van der Waals surface area contributed by atoms with Crippen LogP contribution < -0.4 is 14.4 Å². The molecule has 6 nitrogen and oxygen atoms in total. The Kier molecular flexibility index (Phi) is 4.61. The first kappa shape index (κ1) is 19.9. The summed E-state index contributed by atoms with van der Waals surface area (Å²) in [5.74, 6) is -0.323. The molecule has 1 N–H and O–H groups in total. The number of rotatable bonds is 4. The van der Waals surface area contributed by atoms with Gasteiger partial charge in [-0.05, 0) is 65.8 Å². The van der Waals surface area contributed by atoms with Crippen LogP contribution >= 0.6 is 0 Å². The van der Waals surface area contributed by atoms with Crippen molar-refractivity contribution in [2.45, 2.75) is 30.7 Å². The summed E-state index contributed by atoms with van der Waals surface area (Å²) in [4.78, 5) is 28.0. The summed E-state index contributed by atoms with van der Waals surface area (Å²) in [6.45, 7) is 0.899. The lowest BCUT2D eigenvalue weighted by Gasteiger charge is -2.41. The molecule has 3 aromatic rings. The maximum Gasteiger partial charge on any atom is 0.313 e. The Labute approximate surface area is 191 Å². The second kappa shape index (κ2) is 7.66. The summed E-state index contributed by atoms with van der Waals surface area (Å²) in [6.07, 6.45) is 2.38. The number of carboxylic acids is 1. The quantitative estimate of drug-likeness (QED) is 0.623. The molecule has 0 bridgehead atoms. The summed E-state index contributed by atoms with van der Waals surface area (Å²) in [5.41, 5.74) is 3.59. The molecule has 1 fully saturated rings. The van der Waals surface area contributed by atoms with Gasteiger partial charge in [0, 0.05) is 11.3 Å². The van der Waals surface area contributed by atoms with E-state index in [9.17, 15) is 14.7 Å². The first-order valence-corrected chi connectivity index (χ1v) is 11.3. The lowest BCUT2D eigenvalue weighted by atomic mass is 9.79. The lowest BCUT2D eigenvalue weighted by molar-refractivity contribution is -0.139. The molecule has 1 saturated carbocycles. The molecule has 3 aromatic carbocycles. The second-order valence-electron chi connectivity index (χ2n) is 8.79. The Morgan fingerprint density at radius 3 is 2.30 bits per heavy atom. The first-order valence-electron chi connectivity index (χ1n) is 11.3. The van der Waals surface area contributed by atoms with E-state index < -0.39 is 17.9 Å². The number of carbonyl (C=O) groups is 2. The summed E-state index contributed by atoms with van der Waals surface area (Å²) < 4.78 is 11.4. The molecule has 3 aliphatic rings. The van der Waals surface area contributed by atoms with E-state index in [0.717, 1.165) is 0 Å². The average Bonchev–Trinajstić information content (AvgIpc) is 3.69. The summed E-state index contributed by atoms with van der Waals surface area (Å²) in [5, 5.41) is 10.3. The smallest absolute Gasteiger partial charge is 0.313 e. The van der Waals surface area contributed by atoms with Gasteiger partial charge in [0.05, 0.1) is 6.04 Å². The maximum atomic E-state index is 13.8. The minimum Gasteiger partial charge on any atom is -0.486 e. The van der Waals surface area contributed by atoms with Crippen LogP contribution in [0.3, 0.4) is 0 Å². The van der Waals surface area contributed by atoms with Gasteiger partial charge in [-0.25, -0.2) is 0 Å². The van der Waals surface area contributed by atoms with Crippen LogP contribution in [0.5, 0.6) is 11.5 Å². The van der Waals surface area contributed by atoms with E-state index >= 15 is 0 Å². The van der Waals surface area contributed by atoms with E-state index in [-0.39, 0.29) is 5.91 Å². The molecule has 33 heavy (non-hydrogen) atoms. The van der Waals surface area contributed by atoms with E-state index in [4.69, 9.17) is 9.47 Å². The minimum atomic E-state index is -0.977. The molecule has 166 valence electrons. The highest BCUT2D eigenvalue weighted by atomic mass is 16.6. The number of amides is 1. The van der Waals surface area contributed by atoms with Crippen LogP contribution in [0.1, 0.15) is 57.8 Å². The van der Waals surface area contributed by atoms with Crippen molar-refractivity contribution < 1.29 is 24.2 Å². The summed E-state index contributed by atoms with van der Waals surface area (Å²) >= 11 is 0. The van der Waals surface area contributed by atoms with Crippen molar-refractivity contribution in [1.29, 1.82) is 0 Å². The average molecular weight is 441 g/mol. The standard InChI is InChI=1S/C27H23NO5/c29-26-21-4-2-1-3-20(21)24(27(30)31)25(18-9-12-22-23(15-18)33-14-13-32-22)28(26)19-10-7-17(8-11-19)16-5-6-16/h1-4,7-12,15-16,24-25H,5-6,13-14H2,(H,30,31). The van der Waals surface area contributed by atoms with Gasteiger partial charge in [-0.15, -0.1) is 0 Å². The predicted octanol–water partition coefficient (Wildman–Crippen LogP) is 4.91. The zero-order chi connectivity index (χ0) is 22.5. The number of hydrogen-bond donors (Lipinski definition) is 1. The molecular formula is C27H23NO5. The molecule has 2 unspecified atom stereocenters. The monoisotopic (exact) mass is 441 g/mol. The summed E-state index contributed by atoms with van der Waals surface area (Å²) in [7, 11) is 0. The van der Waals surface area contributed by atoms with E-state index in [0.29, 0.717) is 53.0 Å². The van der Waals surface area contributed by atoms with Crippen LogP contribution in [0.25, 0.3) is 0 Å². The number of fused-ring (bicyclic) bond motifs is 2. The van der Waals surface area contributed by atoms with Crippen molar-refractivity contribution in [1.82, 2.24) is 0 Å². The molecule has 1 amide bonds. The van der Waals surface area contributed by atoms with Crippen LogP contribution in [0.4, 0.5) is 5.69 Å². The van der Waals surface area contributed by atoms with Crippen molar-refractivity contribution in [2.75, 3.05) is 18.1 Å². The third-order valence-corrected chi connectivity index (χ3v) is 6.73. The van der Waals surface area contributed by atoms with Gasteiger partial charge in [-0.3, -0.25) is 14.5 Å². The number of anilines is 1. The summed E-state index contributed by atoms with van der Waals surface area (Å²) in [6, 6.07) is 19.7. The van der Waals surface area contributed by atoms with E-state index in [2.05, 4.69) is 12.1 Å². The normalized spacial score (nSPS) is 21.5. The fourth-order valence-corrected chi connectivity index (χ4v) is 4.99. The molecule has 0 radical (unpaired) electrons. The Balaban J connectivity index is 1.52. The number of carbonyl (C=O) groups excluding carboxylic acids is 1. The van der Waals surface area contributed by atoms with Crippen LogP contribution in [-0.4, -0.2) is 30.2 Å². The molecule has 6 heteroatoms. The van der Waals surface area contributed by atoms with Gasteiger partial charge in [0.15, 0.2) is 11.5 Å². The highest BCUT2D eigenvalue weighted by Gasteiger charge is 2.45. The van der Waals surface area contributed by atoms with E-state index in [1.165, 1.54) is 18.4 Å². The number of aliphatic carboxylic acids is 1. The van der Waals surface area contributed by atoms with Gasteiger partial charge < -0.3 is 14.6 Å². The van der Waals surface area contributed by atoms with Crippen molar-refractivity contribution in [3.8, 4) is 11.5 Å². The third kappa shape index (κ3) is 3.33. The highest BCUT2D eigenvalue weighted by Crippen LogP contribution is 2.47. The topological polar surface area (TPSA) is 76.1 Å². The van der Waals surface area contributed by atoms with Crippen molar-refractivity contribution in [3.63, 3.8) is 0 Å². The fraction of sp³-hybridized carbons (Fsp3) is 0.259. The van der Waals surface area contributed by atoms with Gasteiger partial charge in [0.25, 0.3) is 5.91 Å². The SMILES string of the molecule is O=C(O)C1c2ccccc2C(=O)N(c2ccc(C3CC3)cc2)C1c1ccc2c(c1)OCCO2. The fourth-order valence-electron chi connectivity index (χ4n) is 4.99. The van der Waals surface area contributed by atoms with Crippen LogP contribution in [0, 0.1) is 0 Å². The first-order chi connectivity index (χ1) is 16.1. The number of hydrogen-bond acceptors (Lipinski definition) is 4. The number of benzene rings is 3. The molecule has 2 aliphatic heterocycles. The van der Waals surface area contributed by atoms with Gasteiger partial charge in [0.1, 0.15) is 19.1 Å². The van der Waals surface area contributed by atoms with Gasteiger partial charge in [-0.2, -0.15) is 0 Å². The highest BCUT2D eigenvalue weighted by molar-refractivity contribution is 6.11. The van der Waals surface area contributed by atoms with Crippen molar-refractivity contribution >= 4 is 17.6 Å². The van der Waals surface area contributed by atoms with Crippen molar-refractivity contribution in [2.24, 2.45) is 0 Å². The second-order valence-corrected chi connectivity index (χ2v) is 8.79. The van der Waals surface area contributed by atoms with Crippen molar-refractivity contribution in [3.05, 3.63) is 89.0 Å². The van der Waals surface area contributed by atoms with Crippen LogP contribution in [0.2, 0.25) is 0 Å². The zero-order valence-electron chi connectivity index (χ0n) is 17.9. The maximum absolute atomic E-state index is 13.8. The number of ether oxygens (including phenoxy) is 2. The molecule has 2 atom stereocenters. The Bertz CT molecular complexity index is 1250. The van der Waals surface area contributed by atoms with Crippen LogP contribution in [-0.2, 0) is 4.79 Å². The molecule has 0 saturated heterocycles. The minimum absolute atomic E-state index is 0.206. The molecule has 6 rings (SSSR count). The molecule has 0 spiro atoms. The number of carboxylic acid groups (broad SMARTS) is 1. The Morgan fingerprint density at radius 1 is 0.879 bits per heavy atom. The van der Waals surface area contributed by atoms with Gasteiger partial charge >= 0.3 is 5.97 Å². The largest absolute Gasteiger partial charge is 0.486 e. The van der Waals surface area contributed by atoms with Gasteiger partial charge in [-0.1, -0.05) is 36.4 Å². The van der Waals surface area contributed by atoms with Crippen LogP contribution in [0.15, 0.2) is 66.7 Å². The lowest BCUT2D eigenvalue weighted by Crippen LogP contribution is -2.45. The molecular weight excluding hydrogens is 418 g/mol. The molecule has 2 heterocycles. The predicted molar refractivity (Wildman–Crippen MR) is 122 cm³/mol. The number of nitrogens with zero attached hydrogens (tertiary/aromatic N) is 1.